The van der Waals surface area contributed by atoms with E-state index in [1.807, 2.05) is 42.5 Å². The first-order chi connectivity index (χ1) is 24.2. The normalized spacial score (nSPS) is 11.2. The standard InChI is InChI=1S/C46H27N3/c47-28-30-22-24-34(44(26-30)49-42-20-10-8-14-36(42)37-15-9-11-21-43(37)49)32-23-25-35(33(27-32)29-48)46-40-18-6-4-16-38(40)45(31-12-2-1-3-13-31)39-17-5-7-19-41(39)46/h1-27H. The molecule has 1 aromatic heterocycles. The van der Waals surface area contributed by atoms with Crippen LogP contribution in [0.1, 0.15) is 11.1 Å². The molecule has 0 radical (unpaired) electrons. The minimum Gasteiger partial charge on any atom is -0.309 e. The second kappa shape index (κ2) is 11.4. The molecule has 0 unspecified atom stereocenters. The van der Waals surface area contributed by atoms with Gasteiger partial charge in [-0.1, -0.05) is 133 Å². The number of nitrogens with zero attached hydrogens (tertiary/aromatic N) is 3. The van der Waals surface area contributed by atoms with E-state index in [-0.39, 0.29) is 0 Å². The second-order valence-corrected chi connectivity index (χ2v) is 12.3. The number of fused-ring (bicyclic) bond motifs is 5. The van der Waals surface area contributed by atoms with E-state index < -0.39 is 0 Å². The van der Waals surface area contributed by atoms with Crippen molar-refractivity contribution < 1.29 is 0 Å². The largest absolute Gasteiger partial charge is 0.309 e. The molecule has 226 valence electrons. The molecule has 0 fully saturated rings. The van der Waals surface area contributed by atoms with Gasteiger partial charge in [0.25, 0.3) is 0 Å². The van der Waals surface area contributed by atoms with E-state index in [1.165, 1.54) is 5.56 Å². The maximum atomic E-state index is 10.7. The average molecular weight is 622 g/mol. The molecule has 0 bridgehead atoms. The van der Waals surface area contributed by atoms with Crippen LogP contribution in [0.4, 0.5) is 0 Å². The average Bonchev–Trinajstić information content (AvgIpc) is 3.51. The highest BCUT2D eigenvalue weighted by atomic mass is 15.0. The Kier molecular flexibility index (Phi) is 6.58. The lowest BCUT2D eigenvalue weighted by molar-refractivity contribution is 1.18. The molecule has 9 rings (SSSR count). The molecule has 0 amide bonds. The van der Waals surface area contributed by atoms with Gasteiger partial charge in [0, 0.05) is 21.9 Å². The number of rotatable bonds is 4. The molecule has 9 aromatic rings. The Balaban J connectivity index is 1.30. The van der Waals surface area contributed by atoms with Crippen molar-refractivity contribution in [1.82, 2.24) is 4.57 Å². The predicted molar refractivity (Wildman–Crippen MR) is 202 cm³/mol. The van der Waals surface area contributed by atoms with Crippen LogP contribution in [0.25, 0.3) is 82.4 Å². The summed E-state index contributed by atoms with van der Waals surface area (Å²) in [6.07, 6.45) is 0. The van der Waals surface area contributed by atoms with Crippen molar-refractivity contribution in [3.05, 3.63) is 175 Å². The zero-order chi connectivity index (χ0) is 32.9. The van der Waals surface area contributed by atoms with Crippen molar-refractivity contribution >= 4 is 43.4 Å². The van der Waals surface area contributed by atoms with E-state index >= 15 is 0 Å². The summed E-state index contributed by atoms with van der Waals surface area (Å²) in [6.45, 7) is 0. The number of aromatic nitrogens is 1. The highest BCUT2D eigenvalue weighted by Gasteiger charge is 2.20. The highest BCUT2D eigenvalue weighted by molar-refractivity contribution is 6.21. The van der Waals surface area contributed by atoms with Crippen LogP contribution in [0.3, 0.4) is 0 Å². The van der Waals surface area contributed by atoms with Gasteiger partial charge in [0.15, 0.2) is 0 Å². The number of nitriles is 2. The van der Waals surface area contributed by atoms with Crippen LogP contribution < -0.4 is 0 Å². The van der Waals surface area contributed by atoms with Crippen LogP contribution in [0.5, 0.6) is 0 Å². The van der Waals surface area contributed by atoms with Crippen molar-refractivity contribution in [1.29, 1.82) is 10.5 Å². The number of hydrogen-bond acceptors (Lipinski definition) is 2. The smallest absolute Gasteiger partial charge is 0.0998 e. The van der Waals surface area contributed by atoms with Gasteiger partial charge in [0.05, 0.1) is 40.0 Å². The van der Waals surface area contributed by atoms with E-state index in [4.69, 9.17) is 0 Å². The van der Waals surface area contributed by atoms with E-state index in [0.717, 1.165) is 76.9 Å². The van der Waals surface area contributed by atoms with Crippen LogP contribution in [-0.4, -0.2) is 4.57 Å². The molecule has 0 aliphatic rings. The summed E-state index contributed by atoms with van der Waals surface area (Å²) < 4.78 is 2.24. The van der Waals surface area contributed by atoms with Gasteiger partial charge in [-0.15, -0.1) is 0 Å². The Bertz CT molecular complexity index is 2740. The van der Waals surface area contributed by atoms with Crippen LogP contribution in [0.15, 0.2) is 164 Å². The maximum absolute atomic E-state index is 10.7. The van der Waals surface area contributed by atoms with Crippen molar-refractivity contribution in [3.63, 3.8) is 0 Å². The van der Waals surface area contributed by atoms with Gasteiger partial charge in [-0.2, -0.15) is 10.5 Å². The van der Waals surface area contributed by atoms with Crippen LogP contribution in [-0.2, 0) is 0 Å². The first kappa shape index (κ1) is 28.3. The number of benzene rings is 8. The summed E-state index contributed by atoms with van der Waals surface area (Å²) >= 11 is 0. The topological polar surface area (TPSA) is 52.5 Å². The summed E-state index contributed by atoms with van der Waals surface area (Å²) in [7, 11) is 0. The van der Waals surface area contributed by atoms with Gasteiger partial charge in [0.2, 0.25) is 0 Å². The molecule has 0 aliphatic carbocycles. The van der Waals surface area contributed by atoms with Crippen molar-refractivity contribution in [3.8, 4) is 51.2 Å². The van der Waals surface area contributed by atoms with Gasteiger partial charge in [-0.05, 0) is 74.1 Å². The summed E-state index contributed by atoms with van der Waals surface area (Å²) in [5.74, 6) is 0. The van der Waals surface area contributed by atoms with Gasteiger partial charge in [-0.25, -0.2) is 0 Å². The zero-order valence-electron chi connectivity index (χ0n) is 26.4. The quantitative estimate of drug-likeness (QED) is 0.184. The zero-order valence-corrected chi connectivity index (χ0v) is 26.4. The summed E-state index contributed by atoms with van der Waals surface area (Å²) in [6, 6.07) is 61.2. The molecule has 0 N–H and O–H groups in total. The Hall–Kier alpha value is -6.94. The lowest BCUT2D eigenvalue weighted by Crippen LogP contribution is -1.99. The van der Waals surface area contributed by atoms with E-state index in [2.05, 4.69) is 138 Å². The Labute approximate surface area is 283 Å². The maximum Gasteiger partial charge on any atom is 0.0998 e. The summed E-state index contributed by atoms with van der Waals surface area (Å²) in [5, 5.41) is 27.5. The minimum atomic E-state index is 0.578. The molecule has 49 heavy (non-hydrogen) atoms. The van der Waals surface area contributed by atoms with Crippen molar-refractivity contribution in [2.45, 2.75) is 0 Å². The van der Waals surface area contributed by atoms with Crippen molar-refractivity contribution in [2.75, 3.05) is 0 Å². The Morgan fingerprint density at radius 1 is 0.388 bits per heavy atom. The number of para-hydroxylation sites is 2. The SMILES string of the molecule is N#Cc1ccc(-c2ccc(-c3c4ccccc4c(-c4ccccc4)c4ccccc34)c(C#N)c2)c(-n2c3ccccc3c3ccccc32)c1. The van der Waals surface area contributed by atoms with Crippen LogP contribution in [0.2, 0.25) is 0 Å². The van der Waals surface area contributed by atoms with Crippen molar-refractivity contribution in [2.24, 2.45) is 0 Å². The Morgan fingerprint density at radius 3 is 1.47 bits per heavy atom. The predicted octanol–water partition coefficient (Wildman–Crippen LogP) is 11.8. The molecule has 1 heterocycles. The highest BCUT2D eigenvalue weighted by Crippen LogP contribution is 2.45. The lowest BCUT2D eigenvalue weighted by Gasteiger charge is -2.19. The molecule has 0 saturated carbocycles. The second-order valence-electron chi connectivity index (χ2n) is 12.3. The van der Waals surface area contributed by atoms with Gasteiger partial charge in [0.1, 0.15) is 0 Å². The molecule has 0 saturated heterocycles. The van der Waals surface area contributed by atoms with E-state index in [0.29, 0.717) is 11.1 Å². The third kappa shape index (κ3) is 4.42. The van der Waals surface area contributed by atoms with Crippen LogP contribution in [0, 0.1) is 22.7 Å². The van der Waals surface area contributed by atoms with Gasteiger partial charge >= 0.3 is 0 Å². The third-order valence-electron chi connectivity index (χ3n) is 9.66. The molecule has 0 aliphatic heterocycles. The van der Waals surface area contributed by atoms with Crippen LogP contribution >= 0.6 is 0 Å². The molecular formula is C46H27N3. The molecular weight excluding hydrogens is 595 g/mol. The summed E-state index contributed by atoms with van der Waals surface area (Å²) in [4.78, 5) is 0. The molecule has 3 heteroatoms. The minimum absolute atomic E-state index is 0.578. The Morgan fingerprint density at radius 2 is 0.898 bits per heavy atom. The van der Waals surface area contributed by atoms with E-state index in [9.17, 15) is 10.5 Å². The summed E-state index contributed by atoms with van der Waals surface area (Å²) in [5.41, 5.74) is 10.4. The molecule has 0 atom stereocenters. The van der Waals surface area contributed by atoms with E-state index in [1.54, 1.807) is 0 Å². The fourth-order valence-corrected chi connectivity index (χ4v) is 7.57. The molecule has 3 nitrogen and oxygen atoms in total. The molecule has 8 aromatic carbocycles. The van der Waals surface area contributed by atoms with Gasteiger partial charge in [-0.3, -0.25) is 0 Å². The first-order valence-electron chi connectivity index (χ1n) is 16.3. The molecule has 0 spiro atoms. The fraction of sp³-hybridized carbons (Fsp3) is 0. The third-order valence-corrected chi connectivity index (χ3v) is 9.66. The lowest BCUT2D eigenvalue weighted by atomic mass is 9.84. The monoisotopic (exact) mass is 621 g/mol. The number of hydrogen-bond donors (Lipinski definition) is 0. The first-order valence-corrected chi connectivity index (χ1v) is 16.3. The fourth-order valence-electron chi connectivity index (χ4n) is 7.57. The van der Waals surface area contributed by atoms with Gasteiger partial charge < -0.3 is 4.57 Å².